The average Bonchev–Trinajstić information content (AvgIpc) is 3.11. The van der Waals surface area contributed by atoms with Crippen LogP contribution in [0.4, 0.5) is 5.82 Å². The van der Waals surface area contributed by atoms with Gasteiger partial charge in [-0.25, -0.2) is 9.97 Å². The normalized spacial score (nSPS) is 17.1. The number of nitrogen functional groups attached to an aromatic ring is 1. The van der Waals surface area contributed by atoms with Gasteiger partial charge in [-0.2, -0.15) is 0 Å². The molecule has 1 saturated heterocycles. The number of aromatic nitrogens is 2. The van der Waals surface area contributed by atoms with Crippen LogP contribution >= 0.6 is 0 Å². The van der Waals surface area contributed by atoms with Crippen molar-refractivity contribution in [1.29, 1.82) is 0 Å². The van der Waals surface area contributed by atoms with E-state index >= 15 is 0 Å². The third-order valence-electron chi connectivity index (χ3n) is 4.51. The number of hydrogen-bond acceptors (Lipinski definition) is 6. The third-order valence-corrected chi connectivity index (χ3v) is 4.51. The Morgan fingerprint density at radius 3 is 3.04 bits per heavy atom. The largest absolute Gasteiger partial charge is 0.497 e. The van der Waals surface area contributed by atoms with E-state index in [-0.39, 0.29) is 11.9 Å². The van der Waals surface area contributed by atoms with Crippen LogP contribution in [0.5, 0.6) is 5.75 Å². The zero-order chi connectivity index (χ0) is 17.8. The summed E-state index contributed by atoms with van der Waals surface area (Å²) in [5, 5.41) is 0. The number of anilines is 1. The lowest BCUT2D eigenvalue weighted by Crippen LogP contribution is -2.36. The van der Waals surface area contributed by atoms with Crippen molar-refractivity contribution in [2.45, 2.75) is 19.0 Å². The number of carbonyl (C=O) groups is 1. The number of benzene rings is 1. The van der Waals surface area contributed by atoms with E-state index in [4.69, 9.17) is 10.5 Å². The van der Waals surface area contributed by atoms with Crippen molar-refractivity contribution in [3.05, 3.63) is 47.9 Å². The fraction of sp³-hybridized carbons (Fsp3) is 0.389. The van der Waals surface area contributed by atoms with Gasteiger partial charge in [0.2, 0.25) is 0 Å². The lowest BCUT2D eigenvalue weighted by atomic mass is 10.2. The maximum atomic E-state index is 12.7. The highest BCUT2D eigenvalue weighted by Crippen LogP contribution is 2.20. The zero-order valence-corrected chi connectivity index (χ0v) is 14.6. The Balaban J connectivity index is 1.61. The minimum absolute atomic E-state index is 0.0370. The highest BCUT2D eigenvalue weighted by atomic mass is 16.5. The average molecular weight is 341 g/mol. The van der Waals surface area contributed by atoms with Gasteiger partial charge in [0.1, 0.15) is 17.4 Å². The zero-order valence-electron chi connectivity index (χ0n) is 14.6. The van der Waals surface area contributed by atoms with Crippen LogP contribution in [0.3, 0.4) is 0 Å². The molecule has 7 heteroatoms. The van der Waals surface area contributed by atoms with Gasteiger partial charge in [-0.15, -0.1) is 0 Å². The van der Waals surface area contributed by atoms with Crippen LogP contribution in [0.2, 0.25) is 0 Å². The molecule has 1 aromatic heterocycles. The van der Waals surface area contributed by atoms with Gasteiger partial charge in [-0.05, 0) is 37.7 Å². The Kier molecular flexibility index (Phi) is 5.14. The quantitative estimate of drug-likeness (QED) is 0.885. The summed E-state index contributed by atoms with van der Waals surface area (Å²) in [6, 6.07) is 9.22. The van der Waals surface area contributed by atoms with Gasteiger partial charge in [0.25, 0.3) is 5.91 Å². The number of rotatable bonds is 5. The maximum Gasteiger partial charge on any atom is 0.254 e. The number of amides is 1. The molecule has 25 heavy (non-hydrogen) atoms. The molecule has 0 radical (unpaired) electrons. The fourth-order valence-corrected chi connectivity index (χ4v) is 3.07. The fourth-order valence-electron chi connectivity index (χ4n) is 3.07. The number of likely N-dealkylation sites (tertiary alicyclic amines) is 1. The molecule has 1 aliphatic rings. The predicted octanol–water partition coefficient (Wildman–Crippen LogP) is 1.41. The summed E-state index contributed by atoms with van der Waals surface area (Å²) in [6.07, 6.45) is 2.59. The first kappa shape index (κ1) is 17.2. The summed E-state index contributed by atoms with van der Waals surface area (Å²) < 4.78 is 5.20. The van der Waals surface area contributed by atoms with E-state index in [0.717, 1.165) is 13.0 Å². The summed E-state index contributed by atoms with van der Waals surface area (Å²) in [5.41, 5.74) is 6.36. The minimum Gasteiger partial charge on any atom is -0.497 e. The third kappa shape index (κ3) is 4.06. The lowest BCUT2D eigenvalue weighted by molar-refractivity contribution is 0.0779. The van der Waals surface area contributed by atoms with Crippen molar-refractivity contribution in [2.24, 2.45) is 0 Å². The highest BCUT2D eigenvalue weighted by Gasteiger charge is 2.29. The first-order chi connectivity index (χ1) is 12.1. The summed E-state index contributed by atoms with van der Waals surface area (Å²) in [7, 11) is 3.62. The van der Waals surface area contributed by atoms with Crippen LogP contribution in [0.25, 0.3) is 0 Å². The number of hydrogen-bond donors (Lipinski definition) is 1. The molecule has 0 bridgehead atoms. The van der Waals surface area contributed by atoms with Crippen molar-refractivity contribution < 1.29 is 9.53 Å². The van der Waals surface area contributed by atoms with E-state index in [0.29, 0.717) is 36.0 Å². The van der Waals surface area contributed by atoms with Crippen molar-refractivity contribution in [2.75, 3.05) is 33.0 Å². The summed E-state index contributed by atoms with van der Waals surface area (Å²) in [6.45, 7) is 2.04. The maximum absolute atomic E-state index is 12.7. The first-order valence-corrected chi connectivity index (χ1v) is 8.28. The molecule has 2 N–H and O–H groups in total. The summed E-state index contributed by atoms with van der Waals surface area (Å²) in [4.78, 5) is 25.2. The monoisotopic (exact) mass is 341 g/mol. The molecule has 1 aromatic carbocycles. The molecular weight excluding hydrogens is 318 g/mol. The van der Waals surface area contributed by atoms with E-state index in [2.05, 4.69) is 14.9 Å². The standard InChI is InChI=1S/C18H23N5O2/c1-22(12-17-20-8-6-16(19)21-17)14-7-9-23(11-14)18(24)13-4-3-5-15(10-13)25-2/h3-6,8,10,14H,7,9,11-12H2,1-2H3,(H2,19,20,21)/t14-/m1/s1. The Hall–Kier alpha value is -2.67. The molecule has 2 aromatic rings. The number of nitrogens with zero attached hydrogens (tertiary/aromatic N) is 4. The van der Waals surface area contributed by atoms with Crippen molar-refractivity contribution >= 4 is 11.7 Å². The molecule has 1 amide bonds. The molecule has 3 rings (SSSR count). The SMILES string of the molecule is COc1cccc(C(=O)N2CC[C@@H](N(C)Cc3nccc(N)n3)C2)c1. The molecule has 0 aliphatic carbocycles. The molecule has 1 atom stereocenters. The smallest absolute Gasteiger partial charge is 0.254 e. The molecule has 0 unspecified atom stereocenters. The van der Waals surface area contributed by atoms with Crippen molar-refractivity contribution in [3.63, 3.8) is 0 Å². The van der Waals surface area contributed by atoms with Crippen molar-refractivity contribution in [1.82, 2.24) is 19.8 Å². The molecule has 132 valence electrons. The lowest BCUT2D eigenvalue weighted by Gasteiger charge is -2.24. The molecule has 2 heterocycles. The van der Waals surface area contributed by atoms with Gasteiger partial charge >= 0.3 is 0 Å². The molecule has 1 fully saturated rings. The second kappa shape index (κ2) is 7.48. The Morgan fingerprint density at radius 1 is 1.44 bits per heavy atom. The van der Waals surface area contributed by atoms with Gasteiger partial charge < -0.3 is 15.4 Å². The van der Waals surface area contributed by atoms with Crippen LogP contribution in [0, 0.1) is 0 Å². The van der Waals surface area contributed by atoms with E-state index in [1.165, 1.54) is 0 Å². The molecular formula is C18H23N5O2. The Bertz CT molecular complexity index is 752. The van der Waals surface area contributed by atoms with Gasteiger partial charge in [0.15, 0.2) is 0 Å². The number of likely N-dealkylation sites (N-methyl/N-ethyl adjacent to an activating group) is 1. The van der Waals surface area contributed by atoms with E-state index < -0.39 is 0 Å². The number of nitrogens with two attached hydrogens (primary N) is 1. The summed E-state index contributed by atoms with van der Waals surface area (Å²) in [5.74, 6) is 1.90. The van der Waals surface area contributed by atoms with Gasteiger partial charge in [0.05, 0.1) is 13.7 Å². The van der Waals surface area contributed by atoms with Gasteiger partial charge in [-0.3, -0.25) is 9.69 Å². The van der Waals surface area contributed by atoms with Crippen LogP contribution in [-0.4, -0.2) is 59.0 Å². The van der Waals surface area contributed by atoms with Crippen molar-refractivity contribution in [3.8, 4) is 5.75 Å². The molecule has 1 aliphatic heterocycles. The first-order valence-electron chi connectivity index (χ1n) is 8.28. The van der Waals surface area contributed by atoms with Crippen LogP contribution in [-0.2, 0) is 6.54 Å². The molecule has 0 saturated carbocycles. The Labute approximate surface area is 147 Å². The second-order valence-corrected chi connectivity index (χ2v) is 6.24. The van der Waals surface area contributed by atoms with Crippen LogP contribution in [0.1, 0.15) is 22.6 Å². The van der Waals surface area contributed by atoms with Gasteiger partial charge in [-0.1, -0.05) is 6.07 Å². The topological polar surface area (TPSA) is 84.6 Å². The minimum atomic E-state index is 0.0370. The molecule has 7 nitrogen and oxygen atoms in total. The number of carbonyl (C=O) groups excluding carboxylic acids is 1. The van der Waals surface area contributed by atoms with E-state index in [1.54, 1.807) is 25.4 Å². The predicted molar refractivity (Wildman–Crippen MR) is 95.2 cm³/mol. The summed E-state index contributed by atoms with van der Waals surface area (Å²) >= 11 is 0. The van der Waals surface area contributed by atoms with E-state index in [1.807, 2.05) is 30.1 Å². The van der Waals surface area contributed by atoms with Crippen LogP contribution in [0.15, 0.2) is 36.5 Å². The van der Waals surface area contributed by atoms with E-state index in [9.17, 15) is 4.79 Å². The van der Waals surface area contributed by atoms with Crippen LogP contribution < -0.4 is 10.5 Å². The number of ether oxygens (including phenoxy) is 1. The van der Waals surface area contributed by atoms with Gasteiger partial charge in [0, 0.05) is 30.9 Å². The molecule has 0 spiro atoms. The highest BCUT2D eigenvalue weighted by molar-refractivity contribution is 5.94. The second-order valence-electron chi connectivity index (χ2n) is 6.24. The number of methoxy groups -OCH3 is 1. The Morgan fingerprint density at radius 2 is 2.28 bits per heavy atom.